The number of hydrogen-bond donors (Lipinski definition) is 3. The second-order valence-electron chi connectivity index (χ2n) is 3.99. The fourth-order valence-electron chi connectivity index (χ4n) is 1.49. The summed E-state index contributed by atoms with van der Waals surface area (Å²) in [6.45, 7) is -0.130. The molecule has 9 nitrogen and oxygen atoms in total. The molecule has 4 N–H and O–H groups in total. The van der Waals surface area contributed by atoms with Crippen molar-refractivity contribution in [3.05, 3.63) is 33.9 Å². The van der Waals surface area contributed by atoms with E-state index in [1.807, 2.05) is 0 Å². The van der Waals surface area contributed by atoms with Crippen molar-refractivity contribution in [1.82, 2.24) is 5.32 Å². The Kier molecular flexibility index (Phi) is 5.00. The van der Waals surface area contributed by atoms with Crippen LogP contribution < -0.4 is 16.6 Å². The van der Waals surface area contributed by atoms with E-state index in [0.717, 1.165) is 6.26 Å². The molecule has 1 aromatic carbocycles. The molecule has 0 atom stereocenters. The van der Waals surface area contributed by atoms with Crippen molar-refractivity contribution >= 4 is 27.1 Å². The zero-order valence-corrected chi connectivity index (χ0v) is 11.4. The van der Waals surface area contributed by atoms with E-state index in [9.17, 15) is 23.3 Å². The lowest BCUT2D eigenvalue weighted by Gasteiger charge is -2.08. The van der Waals surface area contributed by atoms with Gasteiger partial charge in [-0.25, -0.2) is 8.42 Å². The van der Waals surface area contributed by atoms with Gasteiger partial charge in [0.25, 0.3) is 5.91 Å². The third-order valence-electron chi connectivity index (χ3n) is 2.38. The summed E-state index contributed by atoms with van der Waals surface area (Å²) in [6.07, 6.45) is 1.03. The number of nitrogen functional groups attached to an aromatic ring is 1. The van der Waals surface area contributed by atoms with Gasteiger partial charge in [0.1, 0.15) is 21.1 Å². The first kappa shape index (κ1) is 15.9. The first-order valence-corrected chi connectivity index (χ1v) is 7.52. The molecule has 0 aliphatic rings. The number of benzene rings is 1. The molecule has 20 heavy (non-hydrogen) atoms. The average Bonchev–Trinajstić information content (AvgIpc) is 2.35. The van der Waals surface area contributed by atoms with Crippen molar-refractivity contribution in [3.63, 3.8) is 0 Å². The smallest absolute Gasteiger partial charge is 0.306 e. The van der Waals surface area contributed by atoms with E-state index in [1.54, 1.807) is 0 Å². The lowest BCUT2D eigenvalue weighted by atomic mass is 10.1. The van der Waals surface area contributed by atoms with E-state index in [-0.39, 0.29) is 23.5 Å². The molecule has 0 fully saturated rings. The van der Waals surface area contributed by atoms with E-state index < -0.39 is 26.4 Å². The minimum atomic E-state index is -3.22. The zero-order chi connectivity index (χ0) is 15.3. The number of nitro groups is 1. The SMILES string of the molecule is CS(=O)(=O)CCNC(=O)c1cccc(NN)c1[N+](=O)[O-]. The highest BCUT2D eigenvalue weighted by atomic mass is 32.2. The summed E-state index contributed by atoms with van der Waals surface area (Å²) >= 11 is 0. The Labute approximate surface area is 115 Å². The van der Waals surface area contributed by atoms with Gasteiger partial charge in [0.05, 0.1) is 10.7 Å². The van der Waals surface area contributed by atoms with Gasteiger partial charge in [-0.1, -0.05) is 6.07 Å². The standard InChI is InChI=1S/C10H14N4O5S/c1-20(18,19)6-5-12-10(15)7-3-2-4-8(13-11)9(7)14(16)17/h2-4,13H,5-6,11H2,1H3,(H,12,15). The summed E-state index contributed by atoms with van der Waals surface area (Å²) in [4.78, 5) is 22.1. The summed E-state index contributed by atoms with van der Waals surface area (Å²) in [5, 5.41) is 13.3. The number of hydrogen-bond acceptors (Lipinski definition) is 7. The summed E-state index contributed by atoms with van der Waals surface area (Å²) in [5.41, 5.74) is 1.47. The predicted octanol–water partition coefficient (Wildman–Crippen LogP) is -0.345. The summed E-state index contributed by atoms with van der Waals surface area (Å²) in [6, 6.07) is 4.04. The second-order valence-corrected chi connectivity index (χ2v) is 6.25. The molecule has 0 aromatic heterocycles. The van der Waals surface area contributed by atoms with Crippen molar-refractivity contribution in [2.75, 3.05) is 24.0 Å². The largest absolute Gasteiger partial charge is 0.351 e. The fourth-order valence-corrected chi connectivity index (χ4v) is 1.96. The number of amides is 1. The molecule has 1 amide bonds. The van der Waals surface area contributed by atoms with Crippen LogP contribution in [0.4, 0.5) is 11.4 Å². The van der Waals surface area contributed by atoms with Crippen molar-refractivity contribution < 1.29 is 18.1 Å². The highest BCUT2D eigenvalue weighted by Crippen LogP contribution is 2.27. The number of para-hydroxylation sites is 1. The molecule has 0 bridgehead atoms. The number of nitrogens with two attached hydrogens (primary N) is 1. The monoisotopic (exact) mass is 302 g/mol. The Balaban J connectivity index is 2.96. The first-order chi connectivity index (χ1) is 9.26. The molecular weight excluding hydrogens is 288 g/mol. The number of nitrogens with zero attached hydrogens (tertiary/aromatic N) is 1. The molecule has 0 heterocycles. The van der Waals surface area contributed by atoms with Gasteiger partial charge in [-0.3, -0.25) is 20.8 Å². The summed E-state index contributed by atoms with van der Waals surface area (Å²) < 4.78 is 21.9. The van der Waals surface area contributed by atoms with Crippen LogP contribution >= 0.6 is 0 Å². The number of nitro benzene ring substituents is 1. The Morgan fingerprint density at radius 2 is 2.10 bits per heavy atom. The normalized spacial score (nSPS) is 10.9. The Hall–Kier alpha value is -2.20. The van der Waals surface area contributed by atoms with E-state index in [2.05, 4.69) is 10.7 Å². The topological polar surface area (TPSA) is 144 Å². The molecule has 0 unspecified atom stereocenters. The Morgan fingerprint density at radius 1 is 1.45 bits per heavy atom. The Morgan fingerprint density at radius 3 is 2.60 bits per heavy atom. The van der Waals surface area contributed by atoms with Gasteiger partial charge in [0.2, 0.25) is 0 Å². The average molecular weight is 302 g/mol. The van der Waals surface area contributed by atoms with Gasteiger partial charge in [-0.15, -0.1) is 0 Å². The minimum Gasteiger partial charge on any atom is -0.351 e. The van der Waals surface area contributed by atoms with Gasteiger partial charge in [0.15, 0.2) is 0 Å². The van der Waals surface area contributed by atoms with Crippen LogP contribution in [0.25, 0.3) is 0 Å². The molecular formula is C10H14N4O5S. The molecule has 0 saturated carbocycles. The molecule has 1 aromatic rings. The Bertz CT molecular complexity index is 629. The van der Waals surface area contributed by atoms with Gasteiger partial charge in [-0.2, -0.15) is 0 Å². The van der Waals surface area contributed by atoms with Crippen LogP contribution in [-0.4, -0.2) is 37.8 Å². The lowest BCUT2D eigenvalue weighted by molar-refractivity contribution is -0.384. The number of rotatable bonds is 6. The van der Waals surface area contributed by atoms with Crippen molar-refractivity contribution in [1.29, 1.82) is 0 Å². The molecule has 1 rings (SSSR count). The number of anilines is 1. The lowest BCUT2D eigenvalue weighted by Crippen LogP contribution is -2.29. The van der Waals surface area contributed by atoms with Gasteiger partial charge in [-0.05, 0) is 12.1 Å². The van der Waals surface area contributed by atoms with Crippen LogP contribution in [0.15, 0.2) is 18.2 Å². The molecule has 0 saturated heterocycles. The maximum Gasteiger partial charge on any atom is 0.306 e. The number of sulfone groups is 1. The van der Waals surface area contributed by atoms with Crippen LogP contribution in [0.2, 0.25) is 0 Å². The van der Waals surface area contributed by atoms with Gasteiger partial charge in [0, 0.05) is 12.8 Å². The highest BCUT2D eigenvalue weighted by molar-refractivity contribution is 7.90. The maximum atomic E-state index is 11.8. The van der Waals surface area contributed by atoms with Gasteiger partial charge < -0.3 is 10.7 Å². The zero-order valence-electron chi connectivity index (χ0n) is 10.6. The second kappa shape index (κ2) is 6.30. The molecule has 10 heteroatoms. The number of carbonyl (C=O) groups excluding carboxylic acids is 1. The number of carbonyl (C=O) groups is 1. The van der Waals surface area contributed by atoms with Crippen LogP contribution in [0.1, 0.15) is 10.4 Å². The van der Waals surface area contributed by atoms with Crippen molar-refractivity contribution in [3.8, 4) is 0 Å². The van der Waals surface area contributed by atoms with E-state index in [1.165, 1.54) is 18.2 Å². The highest BCUT2D eigenvalue weighted by Gasteiger charge is 2.24. The van der Waals surface area contributed by atoms with Crippen LogP contribution in [0, 0.1) is 10.1 Å². The number of hydrazine groups is 1. The summed E-state index contributed by atoms with van der Waals surface area (Å²) in [5.74, 6) is 4.16. The predicted molar refractivity (Wildman–Crippen MR) is 73.0 cm³/mol. The fraction of sp³-hybridized carbons (Fsp3) is 0.300. The van der Waals surface area contributed by atoms with Gasteiger partial charge >= 0.3 is 5.69 Å². The maximum absolute atomic E-state index is 11.8. The first-order valence-electron chi connectivity index (χ1n) is 5.46. The molecule has 0 spiro atoms. The minimum absolute atomic E-state index is 0.00855. The van der Waals surface area contributed by atoms with E-state index in [0.29, 0.717) is 0 Å². The molecule has 0 aliphatic heterocycles. The van der Waals surface area contributed by atoms with Crippen LogP contribution in [-0.2, 0) is 9.84 Å². The van der Waals surface area contributed by atoms with E-state index >= 15 is 0 Å². The quantitative estimate of drug-likeness (QED) is 0.370. The van der Waals surface area contributed by atoms with E-state index in [4.69, 9.17) is 5.84 Å². The molecule has 110 valence electrons. The van der Waals surface area contributed by atoms with Crippen LogP contribution in [0.3, 0.4) is 0 Å². The number of nitrogens with one attached hydrogen (secondary N) is 2. The van der Waals surface area contributed by atoms with Crippen LogP contribution in [0.5, 0.6) is 0 Å². The third-order valence-corrected chi connectivity index (χ3v) is 3.32. The molecule has 0 aliphatic carbocycles. The third kappa shape index (κ3) is 4.17. The molecule has 0 radical (unpaired) electrons. The van der Waals surface area contributed by atoms with Crippen molar-refractivity contribution in [2.45, 2.75) is 0 Å². The summed E-state index contributed by atoms with van der Waals surface area (Å²) in [7, 11) is -3.22. The van der Waals surface area contributed by atoms with Crippen molar-refractivity contribution in [2.24, 2.45) is 5.84 Å².